The predicted octanol–water partition coefficient (Wildman–Crippen LogP) is 3.40. The molecule has 2 N–H and O–H groups in total. The Balaban J connectivity index is 1.10. The van der Waals surface area contributed by atoms with Gasteiger partial charge in [0, 0.05) is 25.6 Å². The molecule has 0 aromatic heterocycles. The van der Waals surface area contributed by atoms with Crippen LogP contribution < -0.4 is 5.32 Å². The van der Waals surface area contributed by atoms with Crippen LogP contribution in [0, 0.1) is 5.41 Å². The van der Waals surface area contributed by atoms with E-state index in [4.69, 9.17) is 9.47 Å². The molecule has 2 aromatic carbocycles. The van der Waals surface area contributed by atoms with Gasteiger partial charge < -0.3 is 24.8 Å². The molecule has 0 spiro atoms. The first-order valence-corrected chi connectivity index (χ1v) is 12.1. The first kappa shape index (κ1) is 23.4. The second-order valence-corrected chi connectivity index (χ2v) is 9.91. The Morgan fingerprint density at radius 2 is 1.74 bits per heavy atom. The Hall–Kier alpha value is -3.39. The summed E-state index contributed by atoms with van der Waals surface area (Å²) in [5, 5.41) is 12.2. The maximum Gasteiger partial charge on any atom is 0.407 e. The third-order valence-electron chi connectivity index (χ3n) is 7.50. The Bertz CT molecular complexity index is 1100. The number of carboxylic acid groups (broad SMARTS) is 1. The van der Waals surface area contributed by atoms with E-state index in [0.717, 1.165) is 11.1 Å². The average molecular weight is 479 g/mol. The van der Waals surface area contributed by atoms with Gasteiger partial charge in [-0.1, -0.05) is 48.5 Å². The normalized spacial score (nSPS) is 25.2. The van der Waals surface area contributed by atoms with Gasteiger partial charge in [-0.05, 0) is 48.4 Å². The maximum atomic E-state index is 12.8. The van der Waals surface area contributed by atoms with Crippen LogP contribution in [-0.2, 0) is 19.1 Å². The van der Waals surface area contributed by atoms with Gasteiger partial charge in [0.1, 0.15) is 12.7 Å². The molecule has 1 aliphatic carbocycles. The molecule has 2 saturated heterocycles. The fourth-order valence-electron chi connectivity index (χ4n) is 5.41. The van der Waals surface area contributed by atoms with Crippen molar-refractivity contribution in [3.8, 4) is 11.1 Å². The molecule has 5 rings (SSSR count). The molecule has 2 heterocycles. The summed E-state index contributed by atoms with van der Waals surface area (Å²) in [6, 6.07) is 16.4. The average Bonchev–Trinajstić information content (AvgIpc) is 3.58. The zero-order chi connectivity index (χ0) is 24.6. The van der Waals surface area contributed by atoms with E-state index >= 15 is 0 Å². The molecule has 35 heavy (non-hydrogen) atoms. The van der Waals surface area contributed by atoms with Gasteiger partial charge in [0.2, 0.25) is 0 Å². The topological polar surface area (TPSA) is 105 Å². The number of likely N-dealkylation sites (tertiary alicyclic amines) is 1. The van der Waals surface area contributed by atoms with Crippen LogP contribution in [0.2, 0.25) is 0 Å². The molecular weight excluding hydrogens is 448 g/mol. The standard InChI is InChI=1S/C27H30N2O6/c1-27(25(31)32)12-13-29(16-27)24(30)23-11-10-17(35-23)14-28-26(33)34-15-22-20-8-4-2-6-18(20)19-7-3-5-9-21(19)22/h2-9,17,22-23H,10-16H2,1H3,(H,28,33)(H,31,32). The molecule has 8 nitrogen and oxygen atoms in total. The summed E-state index contributed by atoms with van der Waals surface area (Å²) >= 11 is 0. The fraction of sp³-hybridized carbons (Fsp3) is 0.444. The van der Waals surface area contributed by atoms with E-state index in [1.165, 1.54) is 11.1 Å². The van der Waals surface area contributed by atoms with E-state index in [-0.39, 0.29) is 37.6 Å². The zero-order valence-electron chi connectivity index (χ0n) is 19.7. The highest BCUT2D eigenvalue weighted by Crippen LogP contribution is 2.44. The first-order valence-electron chi connectivity index (χ1n) is 12.1. The van der Waals surface area contributed by atoms with Crippen LogP contribution in [0.4, 0.5) is 4.79 Å². The van der Waals surface area contributed by atoms with E-state index in [2.05, 4.69) is 29.6 Å². The van der Waals surface area contributed by atoms with Gasteiger partial charge in [-0.15, -0.1) is 0 Å². The van der Waals surface area contributed by atoms with Gasteiger partial charge in [-0.25, -0.2) is 4.79 Å². The quantitative estimate of drug-likeness (QED) is 0.659. The van der Waals surface area contributed by atoms with Crippen LogP contribution >= 0.6 is 0 Å². The van der Waals surface area contributed by atoms with Crippen molar-refractivity contribution in [3.05, 3.63) is 59.7 Å². The van der Waals surface area contributed by atoms with Gasteiger partial charge >= 0.3 is 12.1 Å². The van der Waals surface area contributed by atoms with Gasteiger partial charge in [-0.2, -0.15) is 0 Å². The van der Waals surface area contributed by atoms with Crippen molar-refractivity contribution >= 4 is 18.0 Å². The summed E-state index contributed by atoms with van der Waals surface area (Å²) in [6.45, 7) is 2.78. The number of carbonyl (C=O) groups is 3. The van der Waals surface area contributed by atoms with Crippen molar-refractivity contribution in [3.63, 3.8) is 0 Å². The SMILES string of the molecule is CC1(C(=O)O)CCN(C(=O)C2CCC(CNC(=O)OCC3c4ccccc4-c4ccccc43)O2)C1. The molecule has 184 valence electrons. The molecular formula is C27H30N2O6. The number of nitrogens with zero attached hydrogens (tertiary/aromatic N) is 1. The minimum absolute atomic E-state index is 0.00479. The van der Waals surface area contributed by atoms with E-state index < -0.39 is 23.6 Å². The summed E-state index contributed by atoms with van der Waals surface area (Å²) in [5.74, 6) is -1.06. The van der Waals surface area contributed by atoms with Crippen LogP contribution in [0.5, 0.6) is 0 Å². The van der Waals surface area contributed by atoms with Gasteiger partial charge in [0.25, 0.3) is 5.91 Å². The van der Waals surface area contributed by atoms with Crippen LogP contribution in [-0.4, -0.2) is 66.4 Å². The summed E-state index contributed by atoms with van der Waals surface area (Å²) < 4.78 is 11.4. The number of benzene rings is 2. The van der Waals surface area contributed by atoms with Crippen molar-refractivity contribution in [1.82, 2.24) is 10.2 Å². The minimum atomic E-state index is -0.903. The number of alkyl carbamates (subject to hydrolysis) is 1. The highest BCUT2D eigenvalue weighted by atomic mass is 16.5. The Morgan fingerprint density at radius 1 is 1.09 bits per heavy atom. The van der Waals surface area contributed by atoms with Crippen molar-refractivity contribution in [1.29, 1.82) is 0 Å². The van der Waals surface area contributed by atoms with E-state index in [0.29, 0.717) is 25.8 Å². The maximum absolute atomic E-state index is 12.8. The molecule has 8 heteroatoms. The minimum Gasteiger partial charge on any atom is -0.481 e. The number of aliphatic carboxylic acids is 1. The number of fused-ring (bicyclic) bond motifs is 3. The number of hydrogen-bond donors (Lipinski definition) is 2. The number of ether oxygens (including phenoxy) is 2. The Morgan fingerprint density at radius 3 is 2.37 bits per heavy atom. The number of nitrogens with one attached hydrogen (secondary N) is 1. The lowest BCUT2D eigenvalue weighted by Crippen LogP contribution is -2.41. The zero-order valence-corrected chi connectivity index (χ0v) is 19.7. The molecule has 0 bridgehead atoms. The third-order valence-corrected chi connectivity index (χ3v) is 7.50. The van der Waals surface area contributed by atoms with Crippen LogP contribution in [0.15, 0.2) is 48.5 Å². The molecule has 3 unspecified atom stereocenters. The second kappa shape index (κ2) is 9.34. The smallest absolute Gasteiger partial charge is 0.407 e. The van der Waals surface area contributed by atoms with Gasteiger partial charge in [0.05, 0.1) is 11.5 Å². The largest absolute Gasteiger partial charge is 0.481 e. The van der Waals surface area contributed by atoms with E-state index in [1.54, 1.807) is 11.8 Å². The van der Waals surface area contributed by atoms with Crippen molar-refractivity contribution < 1.29 is 29.0 Å². The van der Waals surface area contributed by atoms with E-state index in [1.807, 2.05) is 24.3 Å². The molecule has 3 aliphatic rings. The second-order valence-electron chi connectivity index (χ2n) is 9.91. The lowest BCUT2D eigenvalue weighted by atomic mass is 9.90. The summed E-state index contributed by atoms with van der Waals surface area (Å²) in [7, 11) is 0. The molecule has 2 aromatic rings. The predicted molar refractivity (Wildman–Crippen MR) is 128 cm³/mol. The summed E-state index contributed by atoms with van der Waals surface area (Å²) in [4.78, 5) is 38.2. The highest BCUT2D eigenvalue weighted by Gasteiger charge is 2.44. The Labute approximate surface area is 204 Å². The van der Waals surface area contributed by atoms with Crippen LogP contribution in [0.3, 0.4) is 0 Å². The molecule has 2 amide bonds. The molecule has 0 saturated carbocycles. The fourth-order valence-corrected chi connectivity index (χ4v) is 5.41. The number of hydrogen-bond acceptors (Lipinski definition) is 5. The van der Waals surface area contributed by atoms with Gasteiger partial charge in [0.15, 0.2) is 0 Å². The molecule has 0 radical (unpaired) electrons. The first-order chi connectivity index (χ1) is 16.9. The molecule has 2 aliphatic heterocycles. The Kier molecular flexibility index (Phi) is 6.23. The highest BCUT2D eigenvalue weighted by molar-refractivity contribution is 5.84. The molecule has 3 atom stereocenters. The number of carbonyl (C=O) groups excluding carboxylic acids is 2. The van der Waals surface area contributed by atoms with Crippen molar-refractivity contribution in [2.75, 3.05) is 26.2 Å². The number of rotatable bonds is 6. The van der Waals surface area contributed by atoms with Crippen molar-refractivity contribution in [2.24, 2.45) is 5.41 Å². The number of carboxylic acids is 1. The number of amides is 2. The summed E-state index contributed by atoms with van der Waals surface area (Å²) in [6.07, 6.45) is 0.244. The lowest BCUT2D eigenvalue weighted by molar-refractivity contribution is -0.148. The summed E-state index contributed by atoms with van der Waals surface area (Å²) in [5.41, 5.74) is 3.76. The molecule has 2 fully saturated rings. The lowest BCUT2D eigenvalue weighted by Gasteiger charge is -2.23. The van der Waals surface area contributed by atoms with Crippen molar-refractivity contribution in [2.45, 2.75) is 44.3 Å². The van der Waals surface area contributed by atoms with E-state index in [9.17, 15) is 19.5 Å². The van der Waals surface area contributed by atoms with Crippen LogP contribution in [0.25, 0.3) is 11.1 Å². The van der Waals surface area contributed by atoms with Crippen LogP contribution in [0.1, 0.15) is 43.2 Å². The van der Waals surface area contributed by atoms with Gasteiger partial charge in [-0.3, -0.25) is 9.59 Å². The third kappa shape index (κ3) is 4.50. The monoisotopic (exact) mass is 478 g/mol.